The fourth-order valence-electron chi connectivity index (χ4n) is 5.78. The van der Waals surface area contributed by atoms with Crippen LogP contribution < -0.4 is 20.3 Å². The molecule has 0 aliphatic carbocycles. The van der Waals surface area contributed by atoms with Gasteiger partial charge in [-0.3, -0.25) is 0 Å². The summed E-state index contributed by atoms with van der Waals surface area (Å²) in [6.45, 7) is 0. The van der Waals surface area contributed by atoms with Crippen molar-refractivity contribution in [1.82, 2.24) is 0 Å². The normalized spacial score (nSPS) is 10.2. The second-order valence-electron chi connectivity index (χ2n) is 12.4. The number of benzene rings is 6. The molecule has 4 amide bonds. The van der Waals surface area contributed by atoms with Crippen LogP contribution in [0.2, 0.25) is 0 Å². The van der Waals surface area contributed by atoms with Gasteiger partial charge in [0, 0.05) is 11.4 Å². The van der Waals surface area contributed by atoms with Crippen LogP contribution in [0.1, 0.15) is 33.4 Å². The summed E-state index contributed by atoms with van der Waals surface area (Å²) in [5.41, 5.74) is 8.36. The van der Waals surface area contributed by atoms with Gasteiger partial charge in [0.2, 0.25) is 12.2 Å². The molecule has 2 N–H and O–H groups in total. The second kappa shape index (κ2) is 18.0. The van der Waals surface area contributed by atoms with Crippen molar-refractivity contribution in [3.05, 3.63) is 179 Å². The summed E-state index contributed by atoms with van der Waals surface area (Å²) in [4.78, 5) is 57.1. The number of carbonyl (C=O) groups excluding carboxylic acids is 4. The minimum Gasteiger partial charge on any atom is -0.388 e. The van der Waals surface area contributed by atoms with E-state index in [1.54, 1.807) is 79.1 Å². The first kappa shape index (κ1) is 36.9. The molecule has 6 aromatic rings. The number of urea groups is 2. The molecule has 11 nitrogen and oxygen atoms in total. The van der Waals surface area contributed by atoms with E-state index < -0.39 is 12.1 Å². The molecule has 0 radical (unpaired) electrons. The number of nitriles is 1. The summed E-state index contributed by atoms with van der Waals surface area (Å²) in [6, 6.07) is 42.1. The van der Waals surface area contributed by atoms with Crippen molar-refractivity contribution in [3.63, 3.8) is 0 Å². The molecule has 0 aliphatic rings. The first-order chi connectivity index (χ1) is 26.9. The zero-order valence-electron chi connectivity index (χ0n) is 29.3. The fraction of sp³-hybridized carbons (Fsp3) is 0.0682. The van der Waals surface area contributed by atoms with Gasteiger partial charge < -0.3 is 15.4 Å². The van der Waals surface area contributed by atoms with Gasteiger partial charge >= 0.3 is 12.1 Å². The Labute approximate surface area is 316 Å². The lowest BCUT2D eigenvalue weighted by molar-refractivity contribution is 0.246. The topological polar surface area (TPSA) is 153 Å². The molecule has 0 heterocycles. The van der Waals surface area contributed by atoms with Gasteiger partial charge in [-0.15, -0.1) is 5.26 Å². The van der Waals surface area contributed by atoms with E-state index in [0.717, 1.165) is 38.3 Å². The van der Waals surface area contributed by atoms with Gasteiger partial charge in [0.15, 0.2) is 0 Å². The van der Waals surface area contributed by atoms with Crippen molar-refractivity contribution >= 4 is 52.7 Å². The molecule has 0 fully saturated rings. The number of aliphatic imine (C=N–C) groups is 2. The van der Waals surface area contributed by atoms with E-state index in [2.05, 4.69) is 20.6 Å². The van der Waals surface area contributed by atoms with Crippen LogP contribution in [0.5, 0.6) is 5.75 Å². The predicted molar refractivity (Wildman–Crippen MR) is 209 cm³/mol. The number of ether oxygens (including phenoxy) is 1. The smallest absolute Gasteiger partial charge is 0.334 e. The molecule has 0 unspecified atom stereocenters. The maximum absolute atomic E-state index is 13.8. The maximum atomic E-state index is 13.8. The molecule has 0 saturated heterocycles. The van der Waals surface area contributed by atoms with E-state index in [1.807, 2.05) is 72.8 Å². The van der Waals surface area contributed by atoms with Crippen LogP contribution >= 0.6 is 0 Å². The third kappa shape index (κ3) is 10.3. The Morgan fingerprint density at radius 2 is 0.836 bits per heavy atom. The molecule has 6 rings (SSSR count). The van der Waals surface area contributed by atoms with Gasteiger partial charge in [0.25, 0.3) is 6.26 Å². The first-order valence-corrected chi connectivity index (χ1v) is 17.1. The highest BCUT2D eigenvalue weighted by atomic mass is 16.5. The summed E-state index contributed by atoms with van der Waals surface area (Å²) < 4.78 is 4.85. The SMILES string of the molecule is N#COc1ccc(Cc2ccc(NC(=O)N(C(=O)Nc3ccc(Cc4ccc(N=C=O)cc4)cc3)c3ccc(Cc4ccc(N=C=O)cc4)cc3)cc2)cc1. The Hall–Kier alpha value is -7.89. The number of carbonyl (C=O) groups is 2. The lowest BCUT2D eigenvalue weighted by Crippen LogP contribution is -2.42. The van der Waals surface area contributed by atoms with Gasteiger partial charge in [0.1, 0.15) is 5.75 Å². The zero-order valence-corrected chi connectivity index (χ0v) is 29.3. The number of nitrogens with one attached hydrogen (secondary N) is 2. The number of nitrogens with zero attached hydrogens (tertiary/aromatic N) is 4. The Morgan fingerprint density at radius 1 is 0.509 bits per heavy atom. The summed E-state index contributed by atoms with van der Waals surface area (Å²) >= 11 is 0. The standard InChI is InChI=1S/C44H32N6O5/c45-28-55-42-23-11-36(12-24-42)27-34-7-19-40(20-8-34)49-44(54)50(41-21-9-35(10-22-41)26-32-3-15-38(16-4-32)47-30-52)43(53)48-39-17-5-33(6-18-39)25-31-1-13-37(14-2-31)46-29-51/h1-24H,25-27H2,(H,48,53)(H,49,54). The lowest BCUT2D eigenvalue weighted by atomic mass is 10.0. The number of imide groups is 1. The monoisotopic (exact) mass is 724 g/mol. The number of isocyanates is 2. The quantitative estimate of drug-likeness (QED) is 0.0728. The van der Waals surface area contributed by atoms with E-state index in [-0.39, 0.29) is 0 Å². The molecule has 0 bridgehead atoms. The van der Waals surface area contributed by atoms with E-state index in [1.165, 1.54) is 12.2 Å². The van der Waals surface area contributed by atoms with Crippen LogP contribution in [0, 0.1) is 11.5 Å². The summed E-state index contributed by atoms with van der Waals surface area (Å²) in [5, 5.41) is 14.4. The minimum atomic E-state index is -0.656. The van der Waals surface area contributed by atoms with E-state index in [9.17, 15) is 19.2 Å². The average molecular weight is 725 g/mol. The number of rotatable bonds is 12. The molecule has 0 atom stereocenters. The summed E-state index contributed by atoms with van der Waals surface area (Å²) in [7, 11) is 0. The minimum absolute atomic E-state index is 0.355. The molecule has 268 valence electrons. The molecular formula is C44H32N6O5. The molecule has 55 heavy (non-hydrogen) atoms. The molecule has 0 aliphatic heterocycles. The van der Waals surface area contributed by atoms with Crippen LogP contribution in [0.15, 0.2) is 156 Å². The highest BCUT2D eigenvalue weighted by molar-refractivity contribution is 6.21. The van der Waals surface area contributed by atoms with Crippen molar-refractivity contribution in [2.45, 2.75) is 19.3 Å². The van der Waals surface area contributed by atoms with E-state index in [4.69, 9.17) is 10.00 Å². The van der Waals surface area contributed by atoms with Gasteiger partial charge in [-0.25, -0.2) is 24.1 Å². The van der Waals surface area contributed by atoms with Gasteiger partial charge in [0.05, 0.1) is 17.1 Å². The van der Waals surface area contributed by atoms with Crippen molar-refractivity contribution in [2.75, 3.05) is 15.5 Å². The Bertz CT molecular complexity index is 2390. The summed E-state index contributed by atoms with van der Waals surface area (Å²) in [6.07, 6.45) is 6.55. The number of hydrogen-bond acceptors (Lipinski definition) is 8. The Balaban J connectivity index is 1.17. The third-order valence-electron chi connectivity index (χ3n) is 8.54. The van der Waals surface area contributed by atoms with Crippen molar-refractivity contribution in [3.8, 4) is 12.0 Å². The molecule has 0 aromatic heterocycles. The highest BCUT2D eigenvalue weighted by Gasteiger charge is 2.24. The van der Waals surface area contributed by atoms with Crippen LogP contribution in [-0.2, 0) is 28.9 Å². The highest BCUT2D eigenvalue weighted by Crippen LogP contribution is 2.24. The molecule has 6 aromatic carbocycles. The Morgan fingerprint density at radius 3 is 1.18 bits per heavy atom. The van der Waals surface area contributed by atoms with Crippen LogP contribution in [-0.4, -0.2) is 24.2 Å². The second-order valence-corrected chi connectivity index (χ2v) is 12.4. The molecule has 0 spiro atoms. The number of hydrogen-bond donors (Lipinski definition) is 2. The van der Waals surface area contributed by atoms with Crippen LogP contribution in [0.25, 0.3) is 0 Å². The summed E-state index contributed by atoms with van der Waals surface area (Å²) in [5.74, 6) is 0.466. The van der Waals surface area contributed by atoms with Crippen molar-refractivity contribution in [2.24, 2.45) is 9.98 Å². The van der Waals surface area contributed by atoms with Gasteiger partial charge in [-0.05, 0) is 125 Å². The van der Waals surface area contributed by atoms with Crippen molar-refractivity contribution < 1.29 is 23.9 Å². The van der Waals surface area contributed by atoms with Gasteiger partial charge in [-0.1, -0.05) is 72.8 Å². The zero-order chi connectivity index (χ0) is 38.4. The predicted octanol–water partition coefficient (Wildman–Crippen LogP) is 9.52. The number of amides is 4. The first-order valence-electron chi connectivity index (χ1n) is 17.1. The molecule has 0 saturated carbocycles. The van der Waals surface area contributed by atoms with E-state index >= 15 is 0 Å². The van der Waals surface area contributed by atoms with Crippen LogP contribution in [0.3, 0.4) is 0 Å². The molecule has 11 heteroatoms. The van der Waals surface area contributed by atoms with Crippen LogP contribution in [0.4, 0.5) is 38.0 Å². The lowest BCUT2D eigenvalue weighted by Gasteiger charge is -2.22. The largest absolute Gasteiger partial charge is 0.388 e. The number of anilines is 3. The van der Waals surface area contributed by atoms with Gasteiger partial charge in [-0.2, -0.15) is 9.98 Å². The molecular weight excluding hydrogens is 693 g/mol. The van der Waals surface area contributed by atoms with Crippen molar-refractivity contribution in [1.29, 1.82) is 5.26 Å². The average Bonchev–Trinajstić information content (AvgIpc) is 3.20. The fourth-order valence-corrected chi connectivity index (χ4v) is 5.78. The maximum Gasteiger partial charge on any atom is 0.334 e. The Kier molecular flexibility index (Phi) is 12.1. The van der Waals surface area contributed by atoms with E-state index in [0.29, 0.717) is 53.4 Å². The third-order valence-corrected chi connectivity index (χ3v) is 8.54.